The van der Waals surface area contributed by atoms with Gasteiger partial charge in [0.1, 0.15) is 6.61 Å². The summed E-state index contributed by atoms with van der Waals surface area (Å²) in [6.45, 7) is 7.77. The van der Waals surface area contributed by atoms with E-state index in [1.165, 1.54) is 30.6 Å². The molecule has 1 fully saturated rings. The highest BCUT2D eigenvalue weighted by atomic mass is 16.5. The quantitative estimate of drug-likeness (QED) is 0.434. The van der Waals surface area contributed by atoms with Crippen LogP contribution in [0.25, 0.3) is 0 Å². The first-order valence-electron chi connectivity index (χ1n) is 6.87. The molecule has 3 heteroatoms. The molecule has 0 aliphatic heterocycles. The zero-order valence-corrected chi connectivity index (χ0v) is 11.3. The second kappa shape index (κ2) is 9.49. The van der Waals surface area contributed by atoms with Crippen LogP contribution in [0.2, 0.25) is 0 Å². The van der Waals surface area contributed by atoms with E-state index in [1.54, 1.807) is 0 Å². The highest BCUT2D eigenvalue weighted by Gasteiger charge is 2.14. The van der Waals surface area contributed by atoms with E-state index in [1.807, 2.05) is 0 Å². The van der Waals surface area contributed by atoms with Gasteiger partial charge in [-0.25, -0.2) is 0 Å². The third-order valence-electron chi connectivity index (χ3n) is 2.90. The molecule has 0 unspecified atom stereocenters. The summed E-state index contributed by atoms with van der Waals surface area (Å²) in [4.78, 5) is 0. The van der Waals surface area contributed by atoms with E-state index < -0.39 is 0 Å². The Morgan fingerprint density at radius 2 is 1.59 bits per heavy atom. The van der Waals surface area contributed by atoms with Crippen molar-refractivity contribution >= 4 is 0 Å². The Labute approximate surface area is 105 Å². The van der Waals surface area contributed by atoms with Gasteiger partial charge in [0, 0.05) is 13.0 Å². The first kappa shape index (κ1) is 14.5. The van der Waals surface area contributed by atoms with Crippen molar-refractivity contribution in [1.82, 2.24) is 0 Å². The lowest BCUT2D eigenvalue weighted by molar-refractivity contribution is 0.0258. The van der Waals surface area contributed by atoms with Crippen LogP contribution in [0.15, 0.2) is 11.3 Å². The minimum Gasteiger partial charge on any atom is -0.496 e. The predicted octanol–water partition coefficient (Wildman–Crippen LogP) is 3.29. The van der Waals surface area contributed by atoms with Crippen molar-refractivity contribution in [3.63, 3.8) is 0 Å². The molecule has 0 bridgehead atoms. The maximum atomic E-state index is 5.74. The van der Waals surface area contributed by atoms with Crippen molar-refractivity contribution in [1.29, 1.82) is 0 Å². The number of hydrogen-bond donors (Lipinski definition) is 0. The van der Waals surface area contributed by atoms with E-state index in [0.29, 0.717) is 26.4 Å². The molecule has 0 spiro atoms. The molecule has 0 atom stereocenters. The van der Waals surface area contributed by atoms with Gasteiger partial charge in [0.15, 0.2) is 0 Å². The average Bonchev–Trinajstić information content (AvgIpc) is 2.28. The van der Waals surface area contributed by atoms with E-state index in [9.17, 15) is 0 Å². The van der Waals surface area contributed by atoms with Crippen molar-refractivity contribution in [2.45, 2.75) is 46.0 Å². The fourth-order valence-corrected chi connectivity index (χ4v) is 1.78. The monoisotopic (exact) mass is 242 g/mol. The first-order chi connectivity index (χ1) is 8.38. The van der Waals surface area contributed by atoms with Crippen molar-refractivity contribution < 1.29 is 14.2 Å². The second-order valence-corrected chi connectivity index (χ2v) is 4.31. The topological polar surface area (TPSA) is 27.7 Å². The van der Waals surface area contributed by atoms with Gasteiger partial charge in [0.05, 0.1) is 25.6 Å². The van der Waals surface area contributed by atoms with E-state index in [0.717, 1.165) is 19.4 Å². The Morgan fingerprint density at radius 3 is 2.12 bits per heavy atom. The molecule has 1 aliphatic rings. The van der Waals surface area contributed by atoms with Crippen LogP contribution in [-0.4, -0.2) is 33.0 Å². The molecule has 0 N–H and O–H groups in total. The van der Waals surface area contributed by atoms with Crippen LogP contribution in [0.5, 0.6) is 0 Å². The van der Waals surface area contributed by atoms with Gasteiger partial charge in [-0.15, -0.1) is 0 Å². The zero-order chi connectivity index (χ0) is 12.3. The molecule has 0 heterocycles. The maximum Gasteiger partial charge on any atom is 0.111 e. The molecule has 0 aromatic heterocycles. The Bertz CT molecular complexity index is 218. The normalized spacial score (nSPS) is 14.6. The van der Waals surface area contributed by atoms with Crippen LogP contribution in [0.4, 0.5) is 0 Å². The Morgan fingerprint density at radius 1 is 0.941 bits per heavy atom. The lowest BCUT2D eigenvalue weighted by atomic mass is 9.90. The minimum atomic E-state index is 0.659. The first-order valence-corrected chi connectivity index (χ1v) is 6.87. The van der Waals surface area contributed by atoms with Gasteiger partial charge >= 0.3 is 0 Å². The molecular formula is C14H26O3. The van der Waals surface area contributed by atoms with E-state index in [4.69, 9.17) is 14.2 Å². The smallest absolute Gasteiger partial charge is 0.111 e. The van der Waals surface area contributed by atoms with Gasteiger partial charge in [-0.05, 0) is 31.3 Å². The molecular weight excluding hydrogens is 216 g/mol. The highest BCUT2D eigenvalue weighted by molar-refractivity contribution is 5.14. The molecule has 17 heavy (non-hydrogen) atoms. The summed E-state index contributed by atoms with van der Waals surface area (Å²) in [5.74, 6) is 1.20. The Hall–Kier alpha value is -0.540. The second-order valence-electron chi connectivity index (χ2n) is 4.31. The fourth-order valence-electron chi connectivity index (χ4n) is 1.78. The van der Waals surface area contributed by atoms with Crippen molar-refractivity contribution in [3.8, 4) is 0 Å². The van der Waals surface area contributed by atoms with E-state index >= 15 is 0 Å². The molecule has 0 aromatic carbocycles. The van der Waals surface area contributed by atoms with Gasteiger partial charge in [-0.2, -0.15) is 0 Å². The average molecular weight is 242 g/mol. The minimum absolute atomic E-state index is 0.659. The maximum absolute atomic E-state index is 5.74. The molecule has 100 valence electrons. The van der Waals surface area contributed by atoms with Crippen LogP contribution in [0.1, 0.15) is 46.0 Å². The lowest BCUT2D eigenvalue weighted by Gasteiger charge is -2.21. The van der Waals surface area contributed by atoms with Crippen molar-refractivity contribution in [2.75, 3.05) is 33.0 Å². The number of ether oxygens (including phenoxy) is 3. The summed E-state index contributed by atoms with van der Waals surface area (Å²) >= 11 is 0. The molecule has 1 aliphatic carbocycles. The number of allylic oxidation sites excluding steroid dienone is 2. The third kappa shape index (κ3) is 6.08. The molecule has 0 radical (unpaired) electrons. The summed E-state index contributed by atoms with van der Waals surface area (Å²) in [5, 5.41) is 0. The van der Waals surface area contributed by atoms with Crippen molar-refractivity contribution in [3.05, 3.63) is 11.3 Å². The molecule has 0 saturated heterocycles. The summed E-state index contributed by atoms with van der Waals surface area (Å²) in [6.07, 6.45) is 5.86. The van der Waals surface area contributed by atoms with Gasteiger partial charge in [0.2, 0.25) is 0 Å². The van der Waals surface area contributed by atoms with E-state index in [2.05, 4.69) is 13.8 Å². The van der Waals surface area contributed by atoms with Crippen LogP contribution in [0, 0.1) is 0 Å². The van der Waals surface area contributed by atoms with Gasteiger partial charge in [-0.3, -0.25) is 0 Å². The molecule has 1 saturated carbocycles. The summed E-state index contributed by atoms with van der Waals surface area (Å²) in [5.41, 5.74) is 1.51. The molecule has 3 nitrogen and oxygen atoms in total. The standard InChI is InChI=1S/C14H26O3/c1-3-8-15-9-10-16-11-12-17-14(4-2)13-6-5-7-13/h3-12H2,1-2H3. The zero-order valence-electron chi connectivity index (χ0n) is 11.3. The van der Waals surface area contributed by atoms with Crippen molar-refractivity contribution in [2.24, 2.45) is 0 Å². The van der Waals surface area contributed by atoms with Gasteiger partial charge in [-0.1, -0.05) is 13.8 Å². The van der Waals surface area contributed by atoms with Gasteiger partial charge in [0.25, 0.3) is 0 Å². The van der Waals surface area contributed by atoms with E-state index in [-0.39, 0.29) is 0 Å². The molecule has 1 rings (SSSR count). The Balaban J connectivity index is 1.93. The SMILES string of the molecule is CCCOCCOCCOC(CC)=C1CCC1. The summed E-state index contributed by atoms with van der Waals surface area (Å²) < 4.78 is 16.5. The fraction of sp³-hybridized carbons (Fsp3) is 0.857. The summed E-state index contributed by atoms with van der Waals surface area (Å²) in [7, 11) is 0. The largest absolute Gasteiger partial charge is 0.496 e. The third-order valence-corrected chi connectivity index (χ3v) is 2.90. The highest BCUT2D eigenvalue weighted by Crippen LogP contribution is 2.30. The molecule has 0 aromatic rings. The van der Waals surface area contributed by atoms with Gasteiger partial charge < -0.3 is 14.2 Å². The predicted molar refractivity (Wildman–Crippen MR) is 69.0 cm³/mol. The number of rotatable bonds is 10. The lowest BCUT2D eigenvalue weighted by Crippen LogP contribution is -2.11. The summed E-state index contributed by atoms with van der Waals surface area (Å²) in [6, 6.07) is 0. The number of hydrogen-bond acceptors (Lipinski definition) is 3. The van der Waals surface area contributed by atoms with Crippen LogP contribution < -0.4 is 0 Å². The molecule has 0 amide bonds. The van der Waals surface area contributed by atoms with Crippen LogP contribution in [-0.2, 0) is 14.2 Å². The van der Waals surface area contributed by atoms with Crippen LogP contribution in [0.3, 0.4) is 0 Å². The Kier molecular flexibility index (Phi) is 8.10. The van der Waals surface area contributed by atoms with Crippen LogP contribution >= 0.6 is 0 Å².